The average Bonchev–Trinajstić information content (AvgIpc) is 2.40. The van der Waals surface area contributed by atoms with Gasteiger partial charge < -0.3 is 4.65 Å². The smallest absolute Gasteiger partial charge is 0.362 e. The van der Waals surface area contributed by atoms with E-state index in [0.717, 1.165) is 22.1 Å². The minimum absolute atomic E-state index is 0.0875. The Morgan fingerprint density at radius 3 is 1.82 bits per heavy atom. The zero-order valence-electron chi connectivity index (χ0n) is 9.51. The van der Waals surface area contributed by atoms with Gasteiger partial charge in [0.05, 0.1) is 0 Å². The highest BCUT2D eigenvalue weighted by atomic mass is 16.4. The lowest BCUT2D eigenvalue weighted by Crippen LogP contribution is -2.52. The monoisotopic (exact) mass is 222 g/mol. The molecule has 0 N–H and O–H groups in total. The molecule has 0 aromatic heterocycles. The van der Waals surface area contributed by atoms with Crippen molar-refractivity contribution in [2.45, 2.75) is 0 Å². The van der Waals surface area contributed by atoms with Crippen molar-refractivity contribution in [2.24, 2.45) is 0 Å². The lowest BCUT2D eigenvalue weighted by atomic mass is 9.49. The van der Waals surface area contributed by atoms with Crippen molar-refractivity contribution >= 4 is 23.6 Å². The summed E-state index contributed by atoms with van der Waals surface area (Å²) in [6.45, 7) is -0.139. The van der Waals surface area contributed by atoms with Crippen LogP contribution in [0.1, 0.15) is 15.9 Å². The topological polar surface area (TPSA) is 26.3 Å². The lowest BCUT2D eigenvalue weighted by molar-refractivity contribution is 0.103. The third kappa shape index (κ3) is 1.43. The molecule has 3 heteroatoms. The summed E-state index contributed by atoms with van der Waals surface area (Å²) in [7, 11) is 1.67. The van der Waals surface area contributed by atoms with Crippen LogP contribution in [-0.2, 0) is 4.65 Å². The fraction of sp³-hybridized carbons (Fsp3) is 0.0714. The van der Waals surface area contributed by atoms with Gasteiger partial charge in [-0.05, 0) is 10.9 Å². The van der Waals surface area contributed by atoms with Crippen LogP contribution >= 0.6 is 0 Å². The third-order valence-corrected chi connectivity index (χ3v) is 3.21. The van der Waals surface area contributed by atoms with E-state index in [-0.39, 0.29) is 12.7 Å². The molecular formula is C14H11BO2. The second-order valence-corrected chi connectivity index (χ2v) is 4.12. The molecule has 0 radical (unpaired) electrons. The minimum atomic E-state index is -0.139. The predicted molar refractivity (Wildman–Crippen MR) is 68.3 cm³/mol. The Hall–Kier alpha value is -1.87. The van der Waals surface area contributed by atoms with E-state index in [1.807, 2.05) is 48.5 Å². The first-order chi connectivity index (χ1) is 8.33. The number of hydrogen-bond acceptors (Lipinski definition) is 2. The van der Waals surface area contributed by atoms with Crippen molar-refractivity contribution in [1.29, 1.82) is 0 Å². The lowest BCUT2D eigenvalue weighted by Gasteiger charge is -2.23. The van der Waals surface area contributed by atoms with Crippen LogP contribution in [0, 0.1) is 0 Å². The molecule has 1 aliphatic heterocycles. The first-order valence-electron chi connectivity index (χ1n) is 5.58. The maximum absolute atomic E-state index is 12.3. The maximum Gasteiger partial charge on any atom is 0.362 e. The zero-order chi connectivity index (χ0) is 11.8. The fourth-order valence-electron chi connectivity index (χ4n) is 2.43. The largest absolute Gasteiger partial charge is 0.430 e. The molecule has 3 rings (SSSR count). The Bertz CT molecular complexity index is 543. The van der Waals surface area contributed by atoms with Crippen LogP contribution < -0.4 is 10.9 Å². The van der Waals surface area contributed by atoms with E-state index >= 15 is 0 Å². The van der Waals surface area contributed by atoms with E-state index in [0.29, 0.717) is 0 Å². The van der Waals surface area contributed by atoms with Crippen LogP contribution in [0.25, 0.3) is 0 Å². The fourth-order valence-corrected chi connectivity index (χ4v) is 2.43. The SMILES string of the molecule is COB1c2ccccc2C(=O)c2ccccc21. The van der Waals surface area contributed by atoms with Crippen molar-refractivity contribution < 1.29 is 9.45 Å². The minimum Gasteiger partial charge on any atom is -0.430 e. The number of fused-ring (bicyclic) bond motifs is 2. The molecular weight excluding hydrogens is 211 g/mol. The molecule has 0 bridgehead atoms. The number of ketones is 1. The van der Waals surface area contributed by atoms with Gasteiger partial charge in [0.15, 0.2) is 5.78 Å². The first-order valence-corrected chi connectivity index (χ1v) is 5.58. The van der Waals surface area contributed by atoms with Gasteiger partial charge in [0, 0.05) is 18.2 Å². The van der Waals surface area contributed by atoms with Crippen molar-refractivity contribution in [3.05, 3.63) is 59.7 Å². The molecule has 0 atom stereocenters. The van der Waals surface area contributed by atoms with E-state index in [9.17, 15) is 4.79 Å². The molecule has 0 aliphatic carbocycles. The van der Waals surface area contributed by atoms with Gasteiger partial charge in [-0.3, -0.25) is 4.79 Å². The summed E-state index contributed by atoms with van der Waals surface area (Å²) in [6, 6.07) is 15.3. The number of hydrogen-bond donors (Lipinski definition) is 0. The first kappa shape index (κ1) is 10.3. The highest BCUT2D eigenvalue weighted by molar-refractivity contribution is 6.83. The van der Waals surface area contributed by atoms with Gasteiger partial charge in [-0.25, -0.2) is 0 Å². The zero-order valence-corrected chi connectivity index (χ0v) is 9.51. The van der Waals surface area contributed by atoms with Gasteiger partial charge in [0.25, 0.3) is 0 Å². The molecule has 82 valence electrons. The molecule has 0 unspecified atom stereocenters. The maximum atomic E-state index is 12.3. The van der Waals surface area contributed by atoms with Gasteiger partial charge in [-0.15, -0.1) is 0 Å². The average molecular weight is 222 g/mol. The van der Waals surface area contributed by atoms with Crippen LogP contribution in [0.3, 0.4) is 0 Å². The molecule has 0 spiro atoms. The Morgan fingerprint density at radius 1 is 0.882 bits per heavy atom. The summed E-state index contributed by atoms with van der Waals surface area (Å²) >= 11 is 0. The number of benzene rings is 2. The van der Waals surface area contributed by atoms with Crippen LogP contribution in [-0.4, -0.2) is 19.8 Å². The summed E-state index contributed by atoms with van der Waals surface area (Å²) in [6.07, 6.45) is 0. The summed E-state index contributed by atoms with van der Waals surface area (Å²) in [5.41, 5.74) is 3.41. The molecule has 0 amide bonds. The van der Waals surface area contributed by atoms with Crippen molar-refractivity contribution in [3.63, 3.8) is 0 Å². The van der Waals surface area contributed by atoms with Gasteiger partial charge in [-0.1, -0.05) is 48.5 Å². The van der Waals surface area contributed by atoms with Crippen LogP contribution in [0.5, 0.6) is 0 Å². The second-order valence-electron chi connectivity index (χ2n) is 4.12. The second kappa shape index (κ2) is 3.86. The van der Waals surface area contributed by atoms with E-state index in [4.69, 9.17) is 4.65 Å². The Kier molecular flexibility index (Phi) is 2.34. The van der Waals surface area contributed by atoms with Crippen molar-refractivity contribution in [2.75, 3.05) is 7.11 Å². The molecule has 2 aromatic carbocycles. The Morgan fingerprint density at radius 2 is 1.35 bits per heavy atom. The molecule has 2 nitrogen and oxygen atoms in total. The van der Waals surface area contributed by atoms with E-state index in [1.54, 1.807) is 7.11 Å². The molecule has 0 saturated carbocycles. The summed E-state index contributed by atoms with van der Waals surface area (Å²) in [5, 5.41) is 0. The summed E-state index contributed by atoms with van der Waals surface area (Å²) in [5.74, 6) is 0.0875. The van der Waals surface area contributed by atoms with Gasteiger partial charge in [0.1, 0.15) is 0 Å². The van der Waals surface area contributed by atoms with Crippen LogP contribution in [0.2, 0.25) is 0 Å². The molecule has 17 heavy (non-hydrogen) atoms. The molecule has 2 aromatic rings. The van der Waals surface area contributed by atoms with Crippen molar-refractivity contribution in [3.8, 4) is 0 Å². The standard InChI is InChI=1S/C14H11BO2/c1-17-15-12-8-4-2-6-10(12)14(16)11-7-3-5-9-13(11)15/h2-9H,1H3. The van der Waals surface area contributed by atoms with Crippen LogP contribution in [0.4, 0.5) is 0 Å². The highest BCUT2D eigenvalue weighted by Gasteiger charge is 2.33. The number of carbonyl (C=O) groups excluding carboxylic acids is 1. The van der Waals surface area contributed by atoms with Gasteiger partial charge >= 0.3 is 6.92 Å². The van der Waals surface area contributed by atoms with Gasteiger partial charge in [0.2, 0.25) is 0 Å². The van der Waals surface area contributed by atoms with E-state index in [1.165, 1.54) is 0 Å². The Balaban J connectivity index is 2.29. The summed E-state index contributed by atoms with van der Waals surface area (Å²) in [4.78, 5) is 12.3. The molecule has 0 saturated heterocycles. The number of rotatable bonds is 1. The predicted octanol–water partition coefficient (Wildman–Crippen LogP) is 0.983. The quantitative estimate of drug-likeness (QED) is 0.672. The summed E-state index contributed by atoms with van der Waals surface area (Å²) < 4.78 is 5.54. The highest BCUT2D eigenvalue weighted by Crippen LogP contribution is 2.13. The van der Waals surface area contributed by atoms with Crippen LogP contribution in [0.15, 0.2) is 48.5 Å². The normalized spacial score (nSPS) is 13.2. The van der Waals surface area contributed by atoms with Gasteiger partial charge in [-0.2, -0.15) is 0 Å². The third-order valence-electron chi connectivity index (χ3n) is 3.21. The number of carbonyl (C=O) groups is 1. The molecule has 1 aliphatic rings. The van der Waals surface area contributed by atoms with Crippen molar-refractivity contribution in [1.82, 2.24) is 0 Å². The molecule has 0 fully saturated rings. The van der Waals surface area contributed by atoms with E-state index < -0.39 is 0 Å². The molecule has 1 heterocycles. The van der Waals surface area contributed by atoms with E-state index in [2.05, 4.69) is 0 Å². The Labute approximate surface area is 100 Å².